The summed E-state index contributed by atoms with van der Waals surface area (Å²) in [6.07, 6.45) is -0.603. The topological polar surface area (TPSA) is 93.1 Å². The summed E-state index contributed by atoms with van der Waals surface area (Å²) in [6, 6.07) is 8.36. The molecule has 0 saturated carbocycles. The van der Waals surface area contributed by atoms with Crippen molar-refractivity contribution in [3.63, 3.8) is 0 Å². The Bertz CT molecular complexity index is 692. The second-order valence-corrected chi connectivity index (χ2v) is 4.34. The van der Waals surface area contributed by atoms with Gasteiger partial charge in [-0.1, -0.05) is 24.3 Å². The molecule has 0 heterocycles. The van der Waals surface area contributed by atoms with E-state index in [0.717, 1.165) is 0 Å². The number of ether oxygens (including phenoxy) is 2. The lowest BCUT2D eigenvalue weighted by Crippen LogP contribution is -2.10. The first-order valence-corrected chi connectivity index (χ1v) is 6.24. The van der Waals surface area contributed by atoms with Crippen molar-refractivity contribution >= 4 is 22.7 Å². The van der Waals surface area contributed by atoms with Crippen LogP contribution in [0.2, 0.25) is 0 Å². The molecule has 0 aliphatic rings. The van der Waals surface area contributed by atoms with Gasteiger partial charge in [-0.25, -0.2) is 0 Å². The van der Waals surface area contributed by atoms with Crippen LogP contribution in [0.1, 0.15) is 12.8 Å². The van der Waals surface area contributed by atoms with Crippen LogP contribution in [0.3, 0.4) is 0 Å². The van der Waals surface area contributed by atoms with Crippen molar-refractivity contribution in [2.24, 2.45) is 0 Å². The standard InChI is InChI=1S/C15H14O6/c1-20-11-8-12(21-14(18)7-6-13(16)17)15(19)10-5-3-2-4-9(10)11/h2-5,8,19H,6-7H2,1H3,(H,16,17). The van der Waals surface area contributed by atoms with E-state index in [2.05, 4.69) is 0 Å². The number of aromatic hydroxyl groups is 1. The van der Waals surface area contributed by atoms with Crippen LogP contribution in [0.15, 0.2) is 30.3 Å². The Balaban J connectivity index is 2.34. The van der Waals surface area contributed by atoms with Crippen molar-refractivity contribution < 1.29 is 29.3 Å². The zero-order valence-corrected chi connectivity index (χ0v) is 11.3. The fourth-order valence-electron chi connectivity index (χ4n) is 1.93. The highest BCUT2D eigenvalue weighted by molar-refractivity contribution is 5.96. The number of carbonyl (C=O) groups excluding carboxylic acids is 1. The predicted molar refractivity (Wildman–Crippen MR) is 74.7 cm³/mol. The molecule has 0 radical (unpaired) electrons. The maximum Gasteiger partial charge on any atom is 0.311 e. The lowest BCUT2D eigenvalue weighted by molar-refractivity contribution is -0.142. The number of phenolic OH excluding ortho intramolecular Hbond substituents is 1. The van der Waals surface area contributed by atoms with E-state index in [9.17, 15) is 14.7 Å². The van der Waals surface area contributed by atoms with Gasteiger partial charge in [0.1, 0.15) is 5.75 Å². The summed E-state index contributed by atoms with van der Waals surface area (Å²) in [5.41, 5.74) is 0. The third-order valence-electron chi connectivity index (χ3n) is 2.93. The van der Waals surface area contributed by atoms with Gasteiger partial charge >= 0.3 is 11.9 Å². The van der Waals surface area contributed by atoms with Gasteiger partial charge in [-0.2, -0.15) is 0 Å². The van der Waals surface area contributed by atoms with Crippen LogP contribution in [-0.2, 0) is 9.59 Å². The van der Waals surface area contributed by atoms with E-state index >= 15 is 0 Å². The number of benzene rings is 2. The van der Waals surface area contributed by atoms with Gasteiger partial charge in [-0.15, -0.1) is 0 Å². The zero-order valence-electron chi connectivity index (χ0n) is 11.3. The maximum atomic E-state index is 11.6. The summed E-state index contributed by atoms with van der Waals surface area (Å²) in [6.45, 7) is 0. The number of fused-ring (bicyclic) bond motifs is 1. The number of carboxylic acid groups (broad SMARTS) is 1. The summed E-state index contributed by atoms with van der Waals surface area (Å²) in [5, 5.41) is 19.8. The average Bonchev–Trinajstić information content (AvgIpc) is 2.48. The van der Waals surface area contributed by atoms with Crippen molar-refractivity contribution in [3.05, 3.63) is 30.3 Å². The third-order valence-corrected chi connectivity index (χ3v) is 2.93. The molecule has 0 atom stereocenters. The number of esters is 1. The summed E-state index contributed by atoms with van der Waals surface area (Å²) in [4.78, 5) is 22.0. The highest BCUT2D eigenvalue weighted by atomic mass is 16.5. The van der Waals surface area contributed by atoms with Crippen LogP contribution in [0.25, 0.3) is 10.8 Å². The van der Waals surface area contributed by atoms with E-state index in [-0.39, 0.29) is 24.3 Å². The van der Waals surface area contributed by atoms with E-state index in [0.29, 0.717) is 16.5 Å². The Labute approximate surface area is 120 Å². The molecule has 0 fully saturated rings. The van der Waals surface area contributed by atoms with Crippen LogP contribution >= 0.6 is 0 Å². The van der Waals surface area contributed by atoms with Crippen molar-refractivity contribution in [2.45, 2.75) is 12.8 Å². The SMILES string of the molecule is COc1cc(OC(=O)CCC(=O)O)c(O)c2ccccc12. The fraction of sp³-hybridized carbons (Fsp3) is 0.200. The molecule has 0 saturated heterocycles. The first kappa shape index (κ1) is 14.6. The molecule has 0 aliphatic heterocycles. The van der Waals surface area contributed by atoms with Gasteiger partial charge < -0.3 is 19.7 Å². The molecule has 0 aliphatic carbocycles. The van der Waals surface area contributed by atoms with Crippen molar-refractivity contribution in [3.8, 4) is 17.2 Å². The second kappa shape index (κ2) is 6.13. The van der Waals surface area contributed by atoms with Crippen LogP contribution in [0.4, 0.5) is 0 Å². The number of hydrogen-bond acceptors (Lipinski definition) is 5. The van der Waals surface area contributed by atoms with Crippen molar-refractivity contribution in [1.29, 1.82) is 0 Å². The number of hydrogen-bond donors (Lipinski definition) is 2. The highest BCUT2D eigenvalue weighted by Gasteiger charge is 2.16. The molecule has 6 heteroatoms. The van der Waals surface area contributed by atoms with Crippen LogP contribution < -0.4 is 9.47 Å². The average molecular weight is 290 g/mol. The van der Waals surface area contributed by atoms with E-state index in [4.69, 9.17) is 14.6 Å². The molecule has 0 bridgehead atoms. The van der Waals surface area contributed by atoms with Gasteiger partial charge in [0, 0.05) is 16.8 Å². The number of aliphatic carboxylic acids is 1. The Morgan fingerprint density at radius 1 is 1.10 bits per heavy atom. The number of methoxy groups -OCH3 is 1. The van der Waals surface area contributed by atoms with Crippen LogP contribution in [0, 0.1) is 0 Å². The molecule has 21 heavy (non-hydrogen) atoms. The molecular formula is C15H14O6. The summed E-state index contributed by atoms with van der Waals surface area (Å²) in [5.74, 6) is -1.61. The monoisotopic (exact) mass is 290 g/mol. The Hall–Kier alpha value is -2.76. The van der Waals surface area contributed by atoms with Gasteiger partial charge in [0.2, 0.25) is 0 Å². The molecule has 2 N–H and O–H groups in total. The second-order valence-electron chi connectivity index (χ2n) is 4.34. The Kier molecular flexibility index (Phi) is 4.27. The van der Waals surface area contributed by atoms with E-state index < -0.39 is 11.9 Å². The quantitative estimate of drug-likeness (QED) is 0.648. The lowest BCUT2D eigenvalue weighted by atomic mass is 10.1. The highest BCUT2D eigenvalue weighted by Crippen LogP contribution is 2.40. The predicted octanol–water partition coefficient (Wildman–Crippen LogP) is 2.32. The van der Waals surface area contributed by atoms with Crippen molar-refractivity contribution in [1.82, 2.24) is 0 Å². The van der Waals surface area contributed by atoms with Gasteiger partial charge in [-0.05, 0) is 0 Å². The molecular weight excluding hydrogens is 276 g/mol. The van der Waals surface area contributed by atoms with Gasteiger partial charge in [0.25, 0.3) is 0 Å². The maximum absolute atomic E-state index is 11.6. The van der Waals surface area contributed by atoms with Gasteiger partial charge in [-0.3, -0.25) is 9.59 Å². The van der Waals surface area contributed by atoms with Gasteiger partial charge in [0.15, 0.2) is 11.5 Å². The number of phenols is 1. The van der Waals surface area contributed by atoms with Crippen LogP contribution in [0.5, 0.6) is 17.2 Å². The summed E-state index contributed by atoms with van der Waals surface area (Å²) in [7, 11) is 1.47. The molecule has 2 aromatic rings. The minimum Gasteiger partial charge on any atom is -0.504 e. The van der Waals surface area contributed by atoms with Crippen molar-refractivity contribution in [2.75, 3.05) is 7.11 Å². The van der Waals surface area contributed by atoms with Crippen LogP contribution in [-0.4, -0.2) is 29.3 Å². The summed E-state index contributed by atoms with van der Waals surface area (Å²) < 4.78 is 10.2. The largest absolute Gasteiger partial charge is 0.504 e. The number of carboxylic acids is 1. The minimum atomic E-state index is -1.09. The first-order valence-electron chi connectivity index (χ1n) is 6.24. The minimum absolute atomic E-state index is 0.0547. The van der Waals surface area contributed by atoms with E-state index in [1.165, 1.54) is 13.2 Å². The molecule has 0 unspecified atom stereocenters. The normalized spacial score (nSPS) is 10.3. The molecule has 0 spiro atoms. The fourth-order valence-corrected chi connectivity index (χ4v) is 1.93. The zero-order chi connectivity index (χ0) is 15.4. The molecule has 0 aromatic heterocycles. The number of rotatable bonds is 5. The summed E-state index contributed by atoms with van der Waals surface area (Å²) >= 11 is 0. The molecule has 2 aromatic carbocycles. The first-order chi connectivity index (χ1) is 10.0. The molecule has 0 amide bonds. The molecule has 110 valence electrons. The van der Waals surface area contributed by atoms with E-state index in [1.54, 1.807) is 24.3 Å². The van der Waals surface area contributed by atoms with E-state index in [1.807, 2.05) is 0 Å². The Morgan fingerprint density at radius 3 is 2.38 bits per heavy atom. The lowest BCUT2D eigenvalue weighted by Gasteiger charge is -2.12. The number of carbonyl (C=O) groups is 2. The molecule has 6 nitrogen and oxygen atoms in total. The molecule has 2 rings (SSSR count). The Morgan fingerprint density at radius 2 is 1.76 bits per heavy atom. The third kappa shape index (κ3) is 3.22. The smallest absolute Gasteiger partial charge is 0.311 e. The van der Waals surface area contributed by atoms with Gasteiger partial charge in [0.05, 0.1) is 20.0 Å².